The van der Waals surface area contributed by atoms with Gasteiger partial charge in [-0.2, -0.15) is 0 Å². The van der Waals surface area contributed by atoms with Crippen molar-refractivity contribution in [2.45, 2.75) is 24.9 Å². The summed E-state index contributed by atoms with van der Waals surface area (Å²) in [7, 11) is 0. The summed E-state index contributed by atoms with van der Waals surface area (Å²) in [5, 5.41) is 3.68. The molecule has 0 spiro atoms. The maximum atomic E-state index is 3.68. The maximum absolute atomic E-state index is 3.68. The highest BCUT2D eigenvalue weighted by Crippen LogP contribution is 2.42. The van der Waals surface area contributed by atoms with Gasteiger partial charge in [-0.1, -0.05) is 97.9 Å². The molecule has 1 N–H and O–H groups in total. The second-order valence-corrected chi connectivity index (χ2v) is 7.31. The molecule has 1 unspecified atom stereocenters. The third kappa shape index (κ3) is 3.31. The average Bonchev–Trinajstić information content (AvgIpc) is 2.77. The van der Waals surface area contributed by atoms with Gasteiger partial charge < -0.3 is 5.32 Å². The molecule has 0 saturated carbocycles. The molecule has 1 saturated heterocycles. The summed E-state index contributed by atoms with van der Waals surface area (Å²) in [6.07, 6.45) is 1.14. The Labute approximate surface area is 162 Å². The molecule has 3 aromatic rings. The fourth-order valence-electron chi connectivity index (χ4n) is 4.49. The van der Waals surface area contributed by atoms with Crippen molar-refractivity contribution >= 4 is 0 Å². The summed E-state index contributed by atoms with van der Waals surface area (Å²) < 4.78 is 0. The van der Waals surface area contributed by atoms with Crippen LogP contribution < -0.4 is 5.32 Å². The molecule has 2 heteroatoms. The number of nitrogens with one attached hydrogen (secondary N) is 1. The van der Waals surface area contributed by atoms with E-state index >= 15 is 0 Å². The second kappa shape index (κ2) is 8.08. The van der Waals surface area contributed by atoms with Crippen LogP contribution in [0.5, 0.6) is 0 Å². The van der Waals surface area contributed by atoms with Gasteiger partial charge in [-0.25, -0.2) is 0 Å². The quantitative estimate of drug-likeness (QED) is 0.669. The van der Waals surface area contributed by atoms with Crippen LogP contribution in [0.3, 0.4) is 0 Å². The Bertz CT molecular complexity index is 733. The fraction of sp³-hybridized carbons (Fsp3) is 0.280. The average molecular weight is 357 g/mol. The van der Waals surface area contributed by atoms with E-state index in [0.29, 0.717) is 6.04 Å². The van der Waals surface area contributed by atoms with Crippen LogP contribution in [0.4, 0.5) is 0 Å². The Hall–Kier alpha value is -2.42. The summed E-state index contributed by atoms with van der Waals surface area (Å²) in [4.78, 5) is 2.68. The van der Waals surface area contributed by atoms with Crippen LogP contribution in [0.2, 0.25) is 0 Å². The van der Waals surface area contributed by atoms with Crippen LogP contribution in [0.15, 0.2) is 91.0 Å². The molecule has 0 bridgehead atoms. The first-order valence-corrected chi connectivity index (χ1v) is 10.0. The molecule has 27 heavy (non-hydrogen) atoms. The number of nitrogens with zero attached hydrogens (tertiary/aromatic N) is 1. The third-order valence-corrected chi connectivity index (χ3v) is 5.80. The lowest BCUT2D eigenvalue weighted by Crippen LogP contribution is -2.59. The van der Waals surface area contributed by atoms with Crippen LogP contribution in [0.25, 0.3) is 0 Å². The van der Waals surface area contributed by atoms with Crippen LogP contribution in [-0.2, 0) is 5.54 Å². The Kier molecular flexibility index (Phi) is 5.38. The van der Waals surface area contributed by atoms with Gasteiger partial charge in [0.1, 0.15) is 0 Å². The normalized spacial score (nSPS) is 18.3. The first kappa shape index (κ1) is 18.0. The van der Waals surface area contributed by atoms with Gasteiger partial charge in [-0.15, -0.1) is 0 Å². The molecule has 1 aliphatic heterocycles. The minimum atomic E-state index is -0.278. The molecule has 0 amide bonds. The van der Waals surface area contributed by atoms with Crippen molar-refractivity contribution in [3.8, 4) is 0 Å². The van der Waals surface area contributed by atoms with E-state index in [1.165, 1.54) is 16.7 Å². The molecule has 0 radical (unpaired) electrons. The van der Waals surface area contributed by atoms with Crippen molar-refractivity contribution in [1.82, 2.24) is 10.2 Å². The highest BCUT2D eigenvalue weighted by Gasteiger charge is 2.43. The topological polar surface area (TPSA) is 15.3 Å². The number of hydrogen-bond acceptors (Lipinski definition) is 2. The molecule has 0 aliphatic carbocycles. The Balaban J connectivity index is 1.98. The maximum Gasteiger partial charge on any atom is 0.0973 e. The highest BCUT2D eigenvalue weighted by molar-refractivity contribution is 5.49. The molecule has 138 valence electrons. The zero-order chi connectivity index (χ0) is 18.5. The van der Waals surface area contributed by atoms with Gasteiger partial charge >= 0.3 is 0 Å². The molecular formula is C25H28N2. The van der Waals surface area contributed by atoms with Gasteiger partial charge in [0, 0.05) is 25.7 Å². The second-order valence-electron chi connectivity index (χ2n) is 7.31. The van der Waals surface area contributed by atoms with E-state index < -0.39 is 0 Å². The largest absolute Gasteiger partial charge is 0.311 e. The number of benzene rings is 3. The molecule has 1 aliphatic rings. The van der Waals surface area contributed by atoms with Crippen molar-refractivity contribution in [2.75, 3.05) is 19.6 Å². The predicted molar refractivity (Wildman–Crippen MR) is 113 cm³/mol. The predicted octanol–water partition coefficient (Wildman–Crippen LogP) is 4.66. The summed E-state index contributed by atoms with van der Waals surface area (Å²) in [6.45, 7) is 5.35. The van der Waals surface area contributed by atoms with E-state index in [-0.39, 0.29) is 5.54 Å². The van der Waals surface area contributed by atoms with E-state index in [1.807, 2.05) is 0 Å². The third-order valence-electron chi connectivity index (χ3n) is 5.80. The Morgan fingerprint density at radius 2 is 1.22 bits per heavy atom. The van der Waals surface area contributed by atoms with E-state index in [4.69, 9.17) is 0 Å². The number of piperazine rings is 1. The van der Waals surface area contributed by atoms with Gasteiger partial charge in [0.15, 0.2) is 0 Å². The first-order chi connectivity index (χ1) is 13.4. The summed E-state index contributed by atoms with van der Waals surface area (Å²) in [5.41, 5.74) is 3.72. The van der Waals surface area contributed by atoms with Crippen LogP contribution in [0.1, 0.15) is 30.0 Å². The van der Waals surface area contributed by atoms with Crippen LogP contribution >= 0.6 is 0 Å². The molecule has 4 rings (SSSR count). The van der Waals surface area contributed by atoms with Gasteiger partial charge in [-0.05, 0) is 23.1 Å². The van der Waals surface area contributed by atoms with Crippen molar-refractivity contribution in [3.05, 3.63) is 108 Å². The van der Waals surface area contributed by atoms with Crippen molar-refractivity contribution in [1.29, 1.82) is 0 Å². The number of rotatable bonds is 5. The van der Waals surface area contributed by atoms with Gasteiger partial charge in [0.05, 0.1) is 5.54 Å². The summed E-state index contributed by atoms with van der Waals surface area (Å²) >= 11 is 0. The minimum Gasteiger partial charge on any atom is -0.311 e. The monoisotopic (exact) mass is 356 g/mol. The van der Waals surface area contributed by atoms with Gasteiger partial charge in [0.25, 0.3) is 0 Å². The van der Waals surface area contributed by atoms with E-state index in [0.717, 1.165) is 26.1 Å². The molecule has 3 aromatic carbocycles. The molecule has 1 heterocycles. The van der Waals surface area contributed by atoms with Crippen molar-refractivity contribution < 1.29 is 0 Å². The zero-order valence-electron chi connectivity index (χ0n) is 16.0. The van der Waals surface area contributed by atoms with Crippen molar-refractivity contribution in [3.63, 3.8) is 0 Å². The number of hydrogen-bond donors (Lipinski definition) is 1. The minimum absolute atomic E-state index is 0.278. The molecule has 2 nitrogen and oxygen atoms in total. The van der Waals surface area contributed by atoms with Gasteiger partial charge in [0.2, 0.25) is 0 Å². The lowest BCUT2D eigenvalue weighted by Gasteiger charge is -2.49. The smallest absolute Gasteiger partial charge is 0.0973 e. The lowest BCUT2D eigenvalue weighted by atomic mass is 9.75. The highest BCUT2D eigenvalue weighted by atomic mass is 15.3. The van der Waals surface area contributed by atoms with Crippen LogP contribution in [0, 0.1) is 0 Å². The fourth-order valence-corrected chi connectivity index (χ4v) is 4.49. The van der Waals surface area contributed by atoms with E-state index in [2.05, 4.69) is 108 Å². The zero-order valence-corrected chi connectivity index (χ0v) is 16.0. The van der Waals surface area contributed by atoms with Crippen molar-refractivity contribution in [2.24, 2.45) is 0 Å². The molecule has 1 atom stereocenters. The lowest BCUT2D eigenvalue weighted by molar-refractivity contribution is 0.110. The molecule has 0 aromatic heterocycles. The standard InChI is InChI=1S/C25H28N2/c1-2-24-20-27(19-18-26-24)25(21-12-6-3-7-13-21,22-14-8-4-9-15-22)23-16-10-5-11-17-23/h3-17,24,26H,2,18-20H2,1H3. The van der Waals surface area contributed by atoms with Gasteiger partial charge in [-0.3, -0.25) is 4.90 Å². The Morgan fingerprint density at radius 1 is 0.778 bits per heavy atom. The Morgan fingerprint density at radius 3 is 1.63 bits per heavy atom. The molecule has 1 fully saturated rings. The molecular weight excluding hydrogens is 328 g/mol. The SMILES string of the molecule is CCC1CN(C(c2ccccc2)(c2ccccc2)c2ccccc2)CCN1. The summed E-state index contributed by atoms with van der Waals surface area (Å²) in [5.74, 6) is 0. The van der Waals surface area contributed by atoms with Crippen LogP contribution in [-0.4, -0.2) is 30.6 Å². The van der Waals surface area contributed by atoms with E-state index in [1.54, 1.807) is 0 Å². The summed E-state index contributed by atoms with van der Waals surface area (Å²) in [6, 6.07) is 33.5. The first-order valence-electron chi connectivity index (χ1n) is 10.0. The van der Waals surface area contributed by atoms with E-state index in [9.17, 15) is 0 Å².